The number of nitrogens with one attached hydrogen (secondary N) is 1. The van der Waals surface area contributed by atoms with E-state index in [0.717, 1.165) is 28.8 Å². The minimum atomic E-state index is -0.131. The van der Waals surface area contributed by atoms with Crippen LogP contribution in [0.5, 0.6) is 0 Å². The van der Waals surface area contributed by atoms with E-state index < -0.39 is 0 Å². The van der Waals surface area contributed by atoms with Gasteiger partial charge in [0.15, 0.2) is 0 Å². The van der Waals surface area contributed by atoms with Crippen LogP contribution < -0.4 is 5.32 Å². The lowest BCUT2D eigenvalue weighted by molar-refractivity contribution is -0.108. The molecule has 0 unspecified atom stereocenters. The zero-order valence-corrected chi connectivity index (χ0v) is 15.7. The first-order valence-corrected chi connectivity index (χ1v) is 9.20. The highest BCUT2D eigenvalue weighted by Crippen LogP contribution is 2.33. The predicted octanol–water partition coefficient (Wildman–Crippen LogP) is 5.12. The summed E-state index contributed by atoms with van der Waals surface area (Å²) >= 11 is 0. The van der Waals surface area contributed by atoms with Gasteiger partial charge in [-0.2, -0.15) is 0 Å². The molecule has 3 aromatic rings. The van der Waals surface area contributed by atoms with Crippen molar-refractivity contribution in [1.29, 1.82) is 0 Å². The first-order valence-electron chi connectivity index (χ1n) is 9.20. The number of hydrogen-bond donors (Lipinski definition) is 1. The van der Waals surface area contributed by atoms with Crippen molar-refractivity contribution in [2.24, 2.45) is 0 Å². The van der Waals surface area contributed by atoms with Gasteiger partial charge in [0.2, 0.25) is 0 Å². The Bertz CT molecular complexity index is 912. The fourth-order valence-electron chi connectivity index (χ4n) is 3.36. The maximum atomic E-state index is 13.2. The van der Waals surface area contributed by atoms with Crippen molar-refractivity contribution < 1.29 is 9.59 Å². The van der Waals surface area contributed by atoms with Crippen LogP contribution in [-0.4, -0.2) is 16.8 Å². The molecule has 3 rings (SSSR count). The highest BCUT2D eigenvalue weighted by atomic mass is 16.1. The molecule has 0 saturated carbocycles. The van der Waals surface area contributed by atoms with Gasteiger partial charge in [0, 0.05) is 36.1 Å². The first-order chi connectivity index (χ1) is 13.1. The fraction of sp³-hybridized carbons (Fsp3) is 0.217. The van der Waals surface area contributed by atoms with Gasteiger partial charge in [-0.25, -0.2) is 0 Å². The molecular weight excluding hydrogens is 336 g/mol. The molecule has 0 aliphatic heterocycles. The summed E-state index contributed by atoms with van der Waals surface area (Å²) in [4.78, 5) is 24.1. The zero-order valence-electron chi connectivity index (χ0n) is 15.7. The lowest BCUT2D eigenvalue weighted by Crippen LogP contribution is -2.16. The predicted molar refractivity (Wildman–Crippen MR) is 109 cm³/mol. The molecule has 4 heteroatoms. The van der Waals surface area contributed by atoms with Crippen molar-refractivity contribution in [2.75, 3.05) is 5.32 Å². The minimum absolute atomic E-state index is 0.131. The number of para-hydroxylation sites is 1. The molecule has 1 aromatic heterocycles. The molecule has 1 N–H and O–H groups in total. The van der Waals surface area contributed by atoms with Gasteiger partial charge in [0.05, 0.1) is 5.56 Å². The van der Waals surface area contributed by atoms with Crippen molar-refractivity contribution in [1.82, 2.24) is 4.57 Å². The Hall–Kier alpha value is -3.14. The monoisotopic (exact) mass is 360 g/mol. The lowest BCUT2D eigenvalue weighted by atomic mass is 9.98. The molecule has 0 spiro atoms. The number of anilines is 1. The summed E-state index contributed by atoms with van der Waals surface area (Å²) in [5.41, 5.74) is 4.26. The standard InChI is InChI=1S/C23H24N2O2/c1-17(2)22-21(23(27)24-19-12-7-4-8-13-19)20(16-25(22)14-9-15-26)18-10-5-3-6-11-18/h3-8,10-13,15-17H,9,14H2,1-2H3,(H,24,27). The molecule has 0 atom stereocenters. The van der Waals surface area contributed by atoms with E-state index in [0.29, 0.717) is 18.5 Å². The van der Waals surface area contributed by atoms with Gasteiger partial charge >= 0.3 is 0 Å². The van der Waals surface area contributed by atoms with E-state index >= 15 is 0 Å². The van der Waals surface area contributed by atoms with Crippen molar-refractivity contribution >= 4 is 17.9 Å². The number of carbonyl (C=O) groups is 2. The van der Waals surface area contributed by atoms with E-state index in [1.165, 1.54) is 0 Å². The molecule has 0 fully saturated rings. The van der Waals surface area contributed by atoms with E-state index in [1.807, 2.05) is 71.4 Å². The number of carbonyl (C=O) groups excluding carboxylic acids is 2. The Morgan fingerprint density at radius 2 is 1.67 bits per heavy atom. The fourth-order valence-corrected chi connectivity index (χ4v) is 3.36. The van der Waals surface area contributed by atoms with Crippen LogP contribution in [0.15, 0.2) is 66.9 Å². The molecule has 4 nitrogen and oxygen atoms in total. The van der Waals surface area contributed by atoms with Crippen LogP contribution in [0.1, 0.15) is 42.2 Å². The van der Waals surface area contributed by atoms with Gasteiger partial charge in [-0.3, -0.25) is 4.79 Å². The molecule has 0 radical (unpaired) electrons. The number of aryl methyl sites for hydroxylation is 1. The lowest BCUT2D eigenvalue weighted by Gasteiger charge is -2.14. The maximum Gasteiger partial charge on any atom is 0.258 e. The second-order valence-corrected chi connectivity index (χ2v) is 6.79. The van der Waals surface area contributed by atoms with Crippen LogP contribution in [0.25, 0.3) is 11.1 Å². The molecule has 1 heterocycles. The average Bonchev–Trinajstić information content (AvgIpc) is 3.08. The topological polar surface area (TPSA) is 51.1 Å². The summed E-state index contributed by atoms with van der Waals surface area (Å²) in [5.74, 6) is 0.0132. The van der Waals surface area contributed by atoms with Crippen molar-refractivity contribution in [3.05, 3.63) is 78.1 Å². The molecule has 0 saturated heterocycles. The molecule has 0 aliphatic rings. The summed E-state index contributed by atoms with van der Waals surface area (Å²) in [5, 5.41) is 3.01. The van der Waals surface area contributed by atoms with Crippen LogP contribution in [0.3, 0.4) is 0 Å². The Kier molecular flexibility index (Phi) is 5.87. The second kappa shape index (κ2) is 8.49. The molecule has 2 aromatic carbocycles. The van der Waals surface area contributed by atoms with Gasteiger partial charge in [-0.1, -0.05) is 62.4 Å². The molecule has 0 bridgehead atoms. The molecule has 27 heavy (non-hydrogen) atoms. The van der Waals surface area contributed by atoms with Crippen LogP contribution in [-0.2, 0) is 11.3 Å². The van der Waals surface area contributed by atoms with Crippen molar-refractivity contribution in [3.8, 4) is 11.1 Å². The van der Waals surface area contributed by atoms with E-state index in [4.69, 9.17) is 0 Å². The first kappa shape index (κ1) is 18.6. The number of aldehydes is 1. The van der Waals surface area contributed by atoms with Crippen LogP contribution in [0.4, 0.5) is 5.69 Å². The van der Waals surface area contributed by atoms with E-state index in [-0.39, 0.29) is 11.8 Å². The van der Waals surface area contributed by atoms with Crippen LogP contribution in [0, 0.1) is 0 Å². The normalized spacial score (nSPS) is 10.8. The summed E-state index contributed by atoms with van der Waals surface area (Å²) in [6.07, 6.45) is 3.33. The summed E-state index contributed by atoms with van der Waals surface area (Å²) < 4.78 is 2.04. The Balaban J connectivity index is 2.11. The van der Waals surface area contributed by atoms with E-state index in [2.05, 4.69) is 19.2 Å². The maximum absolute atomic E-state index is 13.2. The zero-order chi connectivity index (χ0) is 19.2. The Labute approximate surface area is 159 Å². The van der Waals surface area contributed by atoms with E-state index in [9.17, 15) is 9.59 Å². The number of amides is 1. The molecule has 0 aliphatic carbocycles. The summed E-state index contributed by atoms with van der Waals surface area (Å²) in [7, 11) is 0. The molecule has 1 amide bonds. The second-order valence-electron chi connectivity index (χ2n) is 6.79. The molecular formula is C23H24N2O2. The average molecular weight is 360 g/mol. The number of benzene rings is 2. The minimum Gasteiger partial charge on any atom is -0.349 e. The third-order valence-electron chi connectivity index (χ3n) is 4.50. The molecule has 138 valence electrons. The van der Waals surface area contributed by atoms with Gasteiger partial charge in [-0.15, -0.1) is 0 Å². The number of aromatic nitrogens is 1. The number of rotatable bonds is 7. The SMILES string of the molecule is CC(C)c1c(C(=O)Nc2ccccc2)c(-c2ccccc2)cn1CCC=O. The number of nitrogens with zero attached hydrogens (tertiary/aromatic N) is 1. The van der Waals surface area contributed by atoms with Crippen LogP contribution in [0.2, 0.25) is 0 Å². The van der Waals surface area contributed by atoms with Gasteiger partial charge in [0.25, 0.3) is 5.91 Å². The third kappa shape index (κ3) is 4.17. The van der Waals surface area contributed by atoms with Gasteiger partial charge < -0.3 is 14.7 Å². The number of hydrogen-bond acceptors (Lipinski definition) is 2. The highest BCUT2D eigenvalue weighted by Gasteiger charge is 2.24. The summed E-state index contributed by atoms with van der Waals surface area (Å²) in [6.45, 7) is 4.71. The van der Waals surface area contributed by atoms with E-state index in [1.54, 1.807) is 0 Å². The van der Waals surface area contributed by atoms with Crippen molar-refractivity contribution in [2.45, 2.75) is 32.7 Å². The largest absolute Gasteiger partial charge is 0.349 e. The Morgan fingerprint density at radius 1 is 1.04 bits per heavy atom. The van der Waals surface area contributed by atoms with Gasteiger partial charge in [-0.05, 0) is 23.6 Å². The summed E-state index contributed by atoms with van der Waals surface area (Å²) in [6, 6.07) is 19.3. The highest BCUT2D eigenvalue weighted by molar-refractivity contribution is 6.10. The third-order valence-corrected chi connectivity index (χ3v) is 4.50. The van der Waals surface area contributed by atoms with Gasteiger partial charge in [0.1, 0.15) is 6.29 Å². The quantitative estimate of drug-likeness (QED) is 0.595. The van der Waals surface area contributed by atoms with Crippen LogP contribution >= 0.6 is 0 Å². The Morgan fingerprint density at radius 3 is 2.26 bits per heavy atom. The smallest absolute Gasteiger partial charge is 0.258 e. The van der Waals surface area contributed by atoms with Crippen molar-refractivity contribution in [3.63, 3.8) is 0 Å².